The lowest BCUT2D eigenvalue weighted by molar-refractivity contribution is 0.625. The molecule has 78 valence electrons. The molecule has 1 aromatic rings. The van der Waals surface area contributed by atoms with Crippen molar-refractivity contribution in [3.8, 4) is 0 Å². The van der Waals surface area contributed by atoms with Gasteiger partial charge in [0.1, 0.15) is 9.92 Å². The van der Waals surface area contributed by atoms with Gasteiger partial charge in [0.15, 0.2) is 5.82 Å². The van der Waals surface area contributed by atoms with Crippen LogP contribution in [0.25, 0.3) is 0 Å². The third kappa shape index (κ3) is 2.95. The van der Waals surface area contributed by atoms with Crippen molar-refractivity contribution in [2.24, 2.45) is 0 Å². The molecule has 0 saturated carbocycles. The highest BCUT2D eigenvalue weighted by atomic mass is 32.2. The molecule has 0 fully saturated rings. The number of nitrogens with zero attached hydrogens (tertiary/aromatic N) is 1. The molecular weight excluding hydrogens is 205 g/mol. The van der Waals surface area contributed by atoms with E-state index in [-0.39, 0.29) is 11.4 Å². The summed E-state index contributed by atoms with van der Waals surface area (Å²) < 4.78 is 34.3. The molecule has 0 aliphatic rings. The molecule has 0 radical (unpaired) electrons. The number of nitrogens with one attached hydrogen (secondary N) is 2. The second-order valence-corrected chi connectivity index (χ2v) is 4.80. The molecular formula is C8H12FN3OS. The molecule has 0 aliphatic heterocycles. The summed E-state index contributed by atoms with van der Waals surface area (Å²) >= 11 is 0. The van der Waals surface area contributed by atoms with Gasteiger partial charge in [0.2, 0.25) is 0 Å². The van der Waals surface area contributed by atoms with E-state index in [1.165, 1.54) is 12.3 Å². The van der Waals surface area contributed by atoms with Crippen molar-refractivity contribution in [3.63, 3.8) is 0 Å². The maximum atomic E-state index is 13.0. The minimum Gasteiger partial charge on any atom is -0.296 e. The molecule has 0 amide bonds. The summed E-state index contributed by atoms with van der Waals surface area (Å²) in [6, 6.07) is 1.36. The summed E-state index contributed by atoms with van der Waals surface area (Å²) in [5.41, 5.74) is 0.0634. The first-order valence-electron chi connectivity index (χ1n) is 4.19. The molecule has 0 bridgehead atoms. The van der Waals surface area contributed by atoms with Gasteiger partial charge in [-0.1, -0.05) is 6.92 Å². The number of hydrogen-bond donors (Lipinski definition) is 2. The van der Waals surface area contributed by atoms with E-state index in [0.29, 0.717) is 6.42 Å². The van der Waals surface area contributed by atoms with Gasteiger partial charge in [-0.2, -0.15) is 0 Å². The fourth-order valence-corrected chi connectivity index (χ4v) is 2.17. The molecule has 1 rings (SSSR count). The van der Waals surface area contributed by atoms with Crippen LogP contribution < -0.4 is 4.72 Å². The van der Waals surface area contributed by atoms with E-state index < -0.39 is 15.7 Å². The van der Waals surface area contributed by atoms with Crippen LogP contribution in [-0.2, 0) is 9.92 Å². The molecule has 14 heavy (non-hydrogen) atoms. The maximum absolute atomic E-state index is 13.0. The lowest BCUT2D eigenvalue weighted by atomic mass is 10.4. The second kappa shape index (κ2) is 4.36. The summed E-state index contributed by atoms with van der Waals surface area (Å²) in [5, 5.41) is 0. The Morgan fingerprint density at radius 2 is 2.43 bits per heavy atom. The predicted molar refractivity (Wildman–Crippen MR) is 53.8 cm³/mol. The summed E-state index contributed by atoms with van der Waals surface area (Å²) in [6.07, 6.45) is 3.01. The Morgan fingerprint density at radius 3 is 3.00 bits per heavy atom. The van der Waals surface area contributed by atoms with Gasteiger partial charge in [0, 0.05) is 11.9 Å². The molecule has 2 N–H and O–H groups in total. The smallest absolute Gasteiger partial charge is 0.165 e. The van der Waals surface area contributed by atoms with E-state index >= 15 is 0 Å². The first-order chi connectivity index (χ1) is 6.55. The van der Waals surface area contributed by atoms with Gasteiger partial charge in [-0.3, -0.25) is 9.71 Å². The van der Waals surface area contributed by atoms with Gasteiger partial charge >= 0.3 is 0 Å². The number of halogens is 1. The fraction of sp³-hybridized carbons (Fsp3) is 0.375. The highest BCUT2D eigenvalue weighted by Gasteiger charge is 2.07. The number of pyridine rings is 1. The van der Waals surface area contributed by atoms with Crippen molar-refractivity contribution >= 4 is 15.6 Å². The van der Waals surface area contributed by atoms with Crippen molar-refractivity contribution in [1.82, 2.24) is 4.98 Å². The van der Waals surface area contributed by atoms with Crippen LogP contribution in [0.2, 0.25) is 0 Å². The van der Waals surface area contributed by atoms with Gasteiger partial charge in [-0.25, -0.2) is 13.4 Å². The molecule has 6 heteroatoms. The molecule has 1 atom stereocenters. The molecule has 0 saturated heterocycles. The van der Waals surface area contributed by atoms with Crippen LogP contribution in [0.4, 0.5) is 10.1 Å². The predicted octanol–water partition coefficient (Wildman–Crippen LogP) is 2.00. The number of aromatic nitrogens is 1. The molecule has 0 aromatic carbocycles. The molecule has 1 unspecified atom stereocenters. The van der Waals surface area contributed by atoms with Crippen LogP contribution >= 0.6 is 0 Å². The Morgan fingerprint density at radius 1 is 1.71 bits per heavy atom. The molecule has 4 nitrogen and oxygen atoms in total. The van der Waals surface area contributed by atoms with E-state index in [9.17, 15) is 8.60 Å². The zero-order valence-electron chi connectivity index (χ0n) is 7.79. The normalized spacial score (nSPS) is 14.7. The highest BCUT2D eigenvalue weighted by molar-refractivity contribution is 7.93. The summed E-state index contributed by atoms with van der Waals surface area (Å²) in [6.45, 7) is 1.82. The first kappa shape index (κ1) is 10.9. The Kier molecular flexibility index (Phi) is 3.40. The van der Waals surface area contributed by atoms with E-state index in [1.54, 1.807) is 0 Å². The Labute approximate surface area is 82.7 Å². The molecule has 0 spiro atoms. The van der Waals surface area contributed by atoms with Crippen LogP contribution in [0.5, 0.6) is 0 Å². The van der Waals surface area contributed by atoms with Crippen LogP contribution in [0.3, 0.4) is 0 Å². The average molecular weight is 217 g/mol. The van der Waals surface area contributed by atoms with Crippen LogP contribution in [-0.4, -0.2) is 14.9 Å². The standard InChI is InChI=1S/C8H12FN3OS/c1-2-5-14(10,13)12-8-3-4-11-6-7(8)9/h3-4,6H,2,5H2,1H3,(H2,10,11,12,13). The molecule has 0 aliphatic carbocycles. The lowest BCUT2D eigenvalue weighted by Gasteiger charge is -2.09. The molecule has 1 aromatic heterocycles. The zero-order valence-corrected chi connectivity index (χ0v) is 8.60. The summed E-state index contributed by atoms with van der Waals surface area (Å²) in [5.74, 6) is -0.391. The minimum atomic E-state index is -2.92. The fourth-order valence-electron chi connectivity index (χ4n) is 0.974. The maximum Gasteiger partial charge on any atom is 0.165 e. The Bertz CT molecular complexity index is 405. The van der Waals surface area contributed by atoms with Gasteiger partial charge < -0.3 is 0 Å². The highest BCUT2D eigenvalue weighted by Crippen LogP contribution is 2.13. The zero-order chi connectivity index (χ0) is 10.6. The van der Waals surface area contributed by atoms with Crippen LogP contribution in [0.15, 0.2) is 18.5 Å². The van der Waals surface area contributed by atoms with E-state index in [2.05, 4.69) is 9.71 Å². The number of anilines is 1. The van der Waals surface area contributed by atoms with Crippen molar-refractivity contribution in [2.75, 3.05) is 10.5 Å². The molecule has 1 heterocycles. The van der Waals surface area contributed by atoms with Crippen molar-refractivity contribution < 1.29 is 8.60 Å². The Balaban J connectivity index is 2.84. The van der Waals surface area contributed by atoms with Gasteiger partial charge in [0.05, 0.1) is 11.9 Å². The first-order valence-corrected chi connectivity index (χ1v) is 5.91. The van der Waals surface area contributed by atoms with E-state index in [0.717, 1.165) is 6.20 Å². The van der Waals surface area contributed by atoms with Gasteiger partial charge in [-0.05, 0) is 12.5 Å². The van der Waals surface area contributed by atoms with E-state index in [4.69, 9.17) is 4.78 Å². The summed E-state index contributed by atoms with van der Waals surface area (Å²) in [7, 11) is -2.92. The third-order valence-corrected chi connectivity index (χ3v) is 3.07. The largest absolute Gasteiger partial charge is 0.296 e. The van der Waals surface area contributed by atoms with Crippen molar-refractivity contribution in [2.45, 2.75) is 13.3 Å². The van der Waals surface area contributed by atoms with Gasteiger partial charge in [-0.15, -0.1) is 0 Å². The average Bonchev–Trinajstić information content (AvgIpc) is 2.08. The monoisotopic (exact) mass is 217 g/mol. The van der Waals surface area contributed by atoms with Crippen molar-refractivity contribution in [3.05, 3.63) is 24.3 Å². The lowest BCUT2D eigenvalue weighted by Crippen LogP contribution is -2.15. The van der Waals surface area contributed by atoms with Crippen LogP contribution in [0.1, 0.15) is 13.3 Å². The van der Waals surface area contributed by atoms with Crippen LogP contribution in [0, 0.1) is 10.6 Å². The quantitative estimate of drug-likeness (QED) is 0.810. The Hall–Kier alpha value is -1.17. The van der Waals surface area contributed by atoms with E-state index in [1.807, 2.05) is 6.92 Å². The topological polar surface area (TPSA) is 65.8 Å². The summed E-state index contributed by atoms with van der Waals surface area (Å²) in [4.78, 5) is 3.55. The minimum absolute atomic E-state index is 0.0634. The number of hydrogen-bond acceptors (Lipinski definition) is 3. The van der Waals surface area contributed by atoms with Crippen molar-refractivity contribution in [1.29, 1.82) is 4.78 Å². The second-order valence-electron chi connectivity index (χ2n) is 2.84. The van der Waals surface area contributed by atoms with Gasteiger partial charge in [0.25, 0.3) is 0 Å². The third-order valence-electron chi connectivity index (χ3n) is 1.54. The number of rotatable bonds is 4. The SMILES string of the molecule is CCCS(=N)(=O)Nc1ccncc1F.